The van der Waals surface area contributed by atoms with Gasteiger partial charge in [-0.1, -0.05) is 30.3 Å². The highest BCUT2D eigenvalue weighted by Gasteiger charge is 2.49. The number of carbonyl (C=O) groups excluding carboxylic acids is 3. The van der Waals surface area contributed by atoms with Gasteiger partial charge >= 0.3 is 6.03 Å². The van der Waals surface area contributed by atoms with Gasteiger partial charge in [0.05, 0.1) is 17.9 Å². The van der Waals surface area contributed by atoms with Gasteiger partial charge in [0.2, 0.25) is 11.8 Å². The molecule has 1 aromatic carbocycles. The van der Waals surface area contributed by atoms with E-state index in [0.717, 1.165) is 5.56 Å². The van der Waals surface area contributed by atoms with Crippen LogP contribution in [0.15, 0.2) is 30.3 Å². The Bertz CT molecular complexity index is 646. The third-order valence-corrected chi connectivity index (χ3v) is 4.73. The molecule has 0 radical (unpaired) electrons. The second-order valence-corrected chi connectivity index (χ2v) is 6.39. The summed E-state index contributed by atoms with van der Waals surface area (Å²) in [6.45, 7) is 0.144. The van der Waals surface area contributed by atoms with Crippen LogP contribution in [0.2, 0.25) is 0 Å². The van der Waals surface area contributed by atoms with Gasteiger partial charge in [-0.3, -0.25) is 14.9 Å². The van der Waals surface area contributed by atoms with E-state index in [4.69, 9.17) is 0 Å². The molecule has 2 aliphatic rings. The highest BCUT2D eigenvalue weighted by Crippen LogP contribution is 2.28. The number of carbonyl (C=O) groups is 3. The van der Waals surface area contributed by atoms with E-state index in [-0.39, 0.29) is 19.5 Å². The van der Waals surface area contributed by atoms with Crippen molar-refractivity contribution in [2.75, 3.05) is 13.1 Å². The maximum absolute atomic E-state index is 13.3. The first kappa shape index (κ1) is 17.3. The first-order chi connectivity index (χ1) is 12.0. The number of urea groups is 1. The molecule has 2 N–H and O–H groups in total. The zero-order valence-electron chi connectivity index (χ0n) is 13.5. The van der Waals surface area contributed by atoms with Gasteiger partial charge in [0.1, 0.15) is 0 Å². The largest absolute Gasteiger partial charge is 0.329 e. The summed E-state index contributed by atoms with van der Waals surface area (Å²) in [7, 11) is 0. The van der Waals surface area contributed by atoms with E-state index < -0.39 is 42.1 Å². The molecular weight excluding hydrogens is 332 g/mol. The van der Waals surface area contributed by atoms with Gasteiger partial charge in [-0.15, -0.1) is 0 Å². The quantitative estimate of drug-likeness (QED) is 0.782. The molecule has 0 aromatic heterocycles. The number of nitrogens with zero attached hydrogens (tertiary/aromatic N) is 1. The lowest BCUT2D eigenvalue weighted by molar-refractivity contribution is -0.126. The monoisotopic (exact) mass is 351 g/mol. The lowest BCUT2D eigenvalue weighted by Gasteiger charge is -2.23. The van der Waals surface area contributed by atoms with Crippen LogP contribution in [0.25, 0.3) is 0 Å². The van der Waals surface area contributed by atoms with Crippen LogP contribution in [0.5, 0.6) is 0 Å². The third-order valence-electron chi connectivity index (χ3n) is 4.73. The highest BCUT2D eigenvalue weighted by molar-refractivity contribution is 6.06. The topological polar surface area (TPSA) is 78.5 Å². The smallest absolute Gasteiger partial charge is 0.317 e. The fourth-order valence-corrected chi connectivity index (χ4v) is 3.29. The molecule has 2 heterocycles. The normalized spacial score (nSPS) is 23.6. The molecule has 2 fully saturated rings. The number of hydrogen-bond acceptors (Lipinski definition) is 3. The van der Waals surface area contributed by atoms with E-state index in [9.17, 15) is 23.2 Å². The van der Waals surface area contributed by atoms with E-state index in [1.165, 1.54) is 4.90 Å². The van der Waals surface area contributed by atoms with Crippen LogP contribution >= 0.6 is 0 Å². The molecule has 0 bridgehead atoms. The molecule has 1 unspecified atom stereocenters. The van der Waals surface area contributed by atoms with Crippen molar-refractivity contribution in [3.05, 3.63) is 35.9 Å². The summed E-state index contributed by atoms with van der Waals surface area (Å²) in [5.41, 5.74) is 0.917. The molecule has 0 spiro atoms. The van der Waals surface area contributed by atoms with Gasteiger partial charge in [0.15, 0.2) is 0 Å². The molecule has 0 aliphatic carbocycles. The van der Waals surface area contributed by atoms with Crippen molar-refractivity contribution < 1.29 is 23.2 Å². The second-order valence-electron chi connectivity index (χ2n) is 6.39. The van der Waals surface area contributed by atoms with Crippen molar-refractivity contribution in [2.45, 2.75) is 25.3 Å². The minimum Gasteiger partial charge on any atom is -0.329 e. The molecule has 8 heteroatoms. The third kappa shape index (κ3) is 3.78. The summed E-state index contributed by atoms with van der Waals surface area (Å²) >= 11 is 0. The Morgan fingerprint density at radius 1 is 1.16 bits per heavy atom. The van der Waals surface area contributed by atoms with Gasteiger partial charge in [0.25, 0.3) is 6.43 Å². The molecule has 6 nitrogen and oxygen atoms in total. The van der Waals surface area contributed by atoms with Crippen LogP contribution < -0.4 is 10.6 Å². The minimum absolute atomic E-state index is 0.0721. The highest BCUT2D eigenvalue weighted by atomic mass is 19.3. The lowest BCUT2D eigenvalue weighted by Crippen LogP contribution is -2.48. The van der Waals surface area contributed by atoms with Crippen molar-refractivity contribution in [3.8, 4) is 0 Å². The van der Waals surface area contributed by atoms with E-state index in [0.29, 0.717) is 6.42 Å². The summed E-state index contributed by atoms with van der Waals surface area (Å²) in [5, 5.41) is 4.56. The van der Waals surface area contributed by atoms with Crippen molar-refractivity contribution in [2.24, 2.45) is 11.8 Å². The van der Waals surface area contributed by atoms with Crippen molar-refractivity contribution >= 4 is 17.8 Å². The number of hydrogen-bond donors (Lipinski definition) is 2. The summed E-state index contributed by atoms with van der Waals surface area (Å²) in [4.78, 5) is 36.7. The van der Waals surface area contributed by atoms with Crippen LogP contribution in [-0.4, -0.2) is 48.3 Å². The first-order valence-electron chi connectivity index (χ1n) is 8.18. The zero-order chi connectivity index (χ0) is 18.0. The molecule has 2 saturated heterocycles. The summed E-state index contributed by atoms with van der Waals surface area (Å²) in [6.07, 6.45) is -2.17. The van der Waals surface area contributed by atoms with Gasteiger partial charge in [-0.25, -0.2) is 13.6 Å². The average Bonchev–Trinajstić information content (AvgIpc) is 3.14. The molecule has 2 aliphatic heterocycles. The number of amides is 4. The number of imide groups is 1. The second kappa shape index (κ2) is 7.16. The standard InChI is InChI=1S/C17H19F2N3O3/c18-14(19)13(7-6-10-4-2-1-3-5-10)20-17(25)22-8-11-12(9-22)16(24)21-15(11)23/h1-5,11-14H,6-9H2,(H,20,25)(H,21,23,24)/t11-,12+,13?. The average molecular weight is 351 g/mol. The molecule has 1 aromatic rings. The summed E-state index contributed by atoms with van der Waals surface area (Å²) in [6, 6.07) is 7.25. The van der Waals surface area contributed by atoms with Gasteiger partial charge < -0.3 is 10.2 Å². The van der Waals surface area contributed by atoms with E-state index >= 15 is 0 Å². The van der Waals surface area contributed by atoms with Crippen molar-refractivity contribution in [1.82, 2.24) is 15.5 Å². The Labute approximate surface area is 143 Å². The molecule has 25 heavy (non-hydrogen) atoms. The molecule has 134 valence electrons. The van der Waals surface area contributed by atoms with Crippen molar-refractivity contribution in [3.63, 3.8) is 0 Å². The SMILES string of the molecule is O=C1NC(=O)[C@@H]2CN(C(=O)NC(CCc3ccccc3)C(F)F)C[C@H]12. The maximum Gasteiger partial charge on any atom is 0.317 e. The van der Waals surface area contributed by atoms with E-state index in [1.807, 2.05) is 30.3 Å². The van der Waals surface area contributed by atoms with Gasteiger partial charge in [-0.05, 0) is 18.4 Å². The maximum atomic E-state index is 13.3. The van der Waals surface area contributed by atoms with Gasteiger partial charge in [-0.2, -0.15) is 0 Å². The number of rotatable bonds is 5. The first-order valence-corrected chi connectivity index (χ1v) is 8.18. The Hall–Kier alpha value is -2.51. The molecule has 3 atom stereocenters. The fraction of sp³-hybridized carbons (Fsp3) is 0.471. The van der Waals surface area contributed by atoms with Crippen LogP contribution in [-0.2, 0) is 16.0 Å². The van der Waals surface area contributed by atoms with Crippen LogP contribution in [0.1, 0.15) is 12.0 Å². The summed E-state index contributed by atoms with van der Waals surface area (Å²) < 4.78 is 26.5. The molecular formula is C17H19F2N3O3. The van der Waals surface area contributed by atoms with E-state index in [1.54, 1.807) is 0 Å². The Morgan fingerprint density at radius 3 is 2.32 bits per heavy atom. The Kier molecular flexibility index (Phi) is 4.96. The van der Waals surface area contributed by atoms with Crippen LogP contribution in [0, 0.1) is 11.8 Å². The Morgan fingerprint density at radius 2 is 1.76 bits per heavy atom. The summed E-state index contributed by atoms with van der Waals surface area (Å²) in [5.74, 6) is -1.96. The number of alkyl halides is 2. The zero-order valence-corrected chi connectivity index (χ0v) is 13.5. The predicted molar refractivity (Wildman–Crippen MR) is 84.8 cm³/mol. The predicted octanol–water partition coefficient (Wildman–Crippen LogP) is 1.17. The lowest BCUT2D eigenvalue weighted by atomic mass is 10.00. The van der Waals surface area contributed by atoms with Crippen molar-refractivity contribution in [1.29, 1.82) is 0 Å². The number of nitrogens with one attached hydrogen (secondary N) is 2. The number of halogens is 2. The number of aryl methyl sites for hydroxylation is 1. The molecule has 3 rings (SSSR count). The Balaban J connectivity index is 1.56. The molecule has 4 amide bonds. The fourth-order valence-electron chi connectivity index (χ4n) is 3.29. The number of fused-ring (bicyclic) bond motifs is 1. The van der Waals surface area contributed by atoms with Crippen LogP contribution in [0.3, 0.4) is 0 Å². The van der Waals surface area contributed by atoms with Gasteiger partial charge in [0, 0.05) is 13.1 Å². The molecule has 0 saturated carbocycles. The number of likely N-dealkylation sites (tertiary alicyclic amines) is 1. The minimum atomic E-state index is -2.69. The van der Waals surface area contributed by atoms with Crippen LogP contribution in [0.4, 0.5) is 13.6 Å². The van der Waals surface area contributed by atoms with E-state index in [2.05, 4.69) is 10.6 Å². The number of benzene rings is 1.